The van der Waals surface area contributed by atoms with Gasteiger partial charge in [-0.25, -0.2) is 0 Å². The van der Waals surface area contributed by atoms with Crippen LogP contribution in [0.3, 0.4) is 0 Å². The van der Waals surface area contributed by atoms with Crippen molar-refractivity contribution in [1.29, 1.82) is 5.41 Å². The van der Waals surface area contributed by atoms with Crippen molar-refractivity contribution in [2.45, 2.75) is 46.3 Å². The van der Waals surface area contributed by atoms with Crippen LogP contribution in [0.15, 0.2) is 6.07 Å². The smallest absolute Gasteiger partial charge is 0.126 e. The number of nitrogens with one attached hydrogen (secondary N) is 1. The zero-order chi connectivity index (χ0) is 14.9. The molecule has 5 heteroatoms. The van der Waals surface area contributed by atoms with Crippen molar-refractivity contribution in [3.05, 3.63) is 23.0 Å². The SMILES string of the molecule is CCC1COC(C)CN1c1cc(C)nc(C)c1C(=N)N. The third kappa shape index (κ3) is 2.77. The maximum Gasteiger partial charge on any atom is 0.126 e. The predicted octanol–water partition coefficient (Wildman–Crippen LogP) is 1.99. The summed E-state index contributed by atoms with van der Waals surface area (Å²) in [6, 6.07) is 2.36. The highest BCUT2D eigenvalue weighted by Gasteiger charge is 2.28. The molecule has 0 spiro atoms. The number of rotatable bonds is 3. The van der Waals surface area contributed by atoms with Crippen LogP contribution in [0.2, 0.25) is 0 Å². The van der Waals surface area contributed by atoms with E-state index in [1.54, 1.807) is 0 Å². The van der Waals surface area contributed by atoms with Gasteiger partial charge in [0, 0.05) is 12.2 Å². The van der Waals surface area contributed by atoms with Gasteiger partial charge in [0.15, 0.2) is 0 Å². The van der Waals surface area contributed by atoms with Crippen molar-refractivity contribution in [1.82, 2.24) is 4.98 Å². The lowest BCUT2D eigenvalue weighted by Crippen LogP contribution is -2.49. The van der Waals surface area contributed by atoms with Crippen LogP contribution in [0.25, 0.3) is 0 Å². The molecule has 20 heavy (non-hydrogen) atoms. The lowest BCUT2D eigenvalue weighted by molar-refractivity contribution is 0.0299. The van der Waals surface area contributed by atoms with E-state index in [1.165, 1.54) is 0 Å². The number of morpholine rings is 1. The first-order chi connectivity index (χ1) is 9.43. The quantitative estimate of drug-likeness (QED) is 0.654. The molecule has 110 valence electrons. The summed E-state index contributed by atoms with van der Waals surface area (Å²) in [5, 5.41) is 7.86. The molecular weight excluding hydrogens is 252 g/mol. The number of aryl methyl sites for hydroxylation is 2. The van der Waals surface area contributed by atoms with E-state index in [2.05, 4.69) is 23.7 Å². The number of hydrogen-bond acceptors (Lipinski definition) is 4. The number of nitrogens with zero attached hydrogens (tertiary/aromatic N) is 2. The largest absolute Gasteiger partial charge is 0.384 e. The highest BCUT2D eigenvalue weighted by atomic mass is 16.5. The third-order valence-electron chi connectivity index (χ3n) is 3.83. The molecule has 5 nitrogen and oxygen atoms in total. The van der Waals surface area contributed by atoms with Gasteiger partial charge in [0.2, 0.25) is 0 Å². The molecule has 2 heterocycles. The van der Waals surface area contributed by atoms with Crippen molar-refractivity contribution in [3.8, 4) is 0 Å². The van der Waals surface area contributed by atoms with Crippen LogP contribution in [0.1, 0.15) is 37.2 Å². The highest BCUT2D eigenvalue weighted by molar-refractivity contribution is 6.01. The Morgan fingerprint density at radius 2 is 2.25 bits per heavy atom. The van der Waals surface area contributed by atoms with Gasteiger partial charge in [-0.2, -0.15) is 0 Å². The maximum atomic E-state index is 7.86. The number of nitrogens with two attached hydrogens (primary N) is 1. The molecule has 1 saturated heterocycles. The summed E-state index contributed by atoms with van der Waals surface area (Å²) < 4.78 is 5.75. The molecule has 2 unspecified atom stereocenters. The third-order valence-corrected chi connectivity index (χ3v) is 3.83. The molecule has 3 N–H and O–H groups in total. The van der Waals surface area contributed by atoms with E-state index < -0.39 is 0 Å². The topological polar surface area (TPSA) is 75.2 Å². The Kier molecular flexibility index (Phi) is 4.28. The Morgan fingerprint density at radius 3 is 2.85 bits per heavy atom. The van der Waals surface area contributed by atoms with Gasteiger partial charge in [0.25, 0.3) is 0 Å². The predicted molar refractivity (Wildman–Crippen MR) is 81.6 cm³/mol. The molecule has 1 fully saturated rings. The molecule has 2 atom stereocenters. The van der Waals surface area contributed by atoms with Crippen LogP contribution < -0.4 is 10.6 Å². The molecule has 0 amide bonds. The van der Waals surface area contributed by atoms with Gasteiger partial charge < -0.3 is 15.4 Å². The molecule has 0 aromatic carbocycles. The van der Waals surface area contributed by atoms with Crippen molar-refractivity contribution in [2.75, 3.05) is 18.1 Å². The fourth-order valence-corrected chi connectivity index (χ4v) is 2.84. The molecule has 0 saturated carbocycles. The summed E-state index contributed by atoms with van der Waals surface area (Å²) in [5.74, 6) is 0.0824. The Hall–Kier alpha value is -1.62. The first kappa shape index (κ1) is 14.8. The van der Waals surface area contributed by atoms with Gasteiger partial charge in [-0.1, -0.05) is 6.92 Å². The first-order valence-electron chi connectivity index (χ1n) is 7.14. The molecule has 2 rings (SSSR count). The van der Waals surface area contributed by atoms with Crippen LogP contribution in [-0.4, -0.2) is 36.1 Å². The van der Waals surface area contributed by atoms with Crippen molar-refractivity contribution in [3.63, 3.8) is 0 Å². The van der Waals surface area contributed by atoms with Gasteiger partial charge in [-0.3, -0.25) is 10.4 Å². The summed E-state index contributed by atoms with van der Waals surface area (Å²) in [4.78, 5) is 6.77. The number of aromatic nitrogens is 1. The Morgan fingerprint density at radius 1 is 1.55 bits per heavy atom. The normalized spacial score (nSPS) is 22.9. The van der Waals surface area contributed by atoms with Crippen LogP contribution >= 0.6 is 0 Å². The first-order valence-corrected chi connectivity index (χ1v) is 7.14. The molecular formula is C15H24N4O. The van der Waals surface area contributed by atoms with Crippen molar-refractivity contribution in [2.24, 2.45) is 5.73 Å². The molecule has 0 radical (unpaired) electrons. The fraction of sp³-hybridized carbons (Fsp3) is 0.600. The average molecular weight is 276 g/mol. The lowest BCUT2D eigenvalue weighted by Gasteiger charge is -2.41. The second kappa shape index (κ2) is 5.79. The Bertz CT molecular complexity index is 515. The van der Waals surface area contributed by atoms with Crippen LogP contribution in [0.5, 0.6) is 0 Å². The minimum Gasteiger partial charge on any atom is -0.384 e. The van der Waals surface area contributed by atoms with Gasteiger partial charge >= 0.3 is 0 Å². The van der Waals surface area contributed by atoms with Gasteiger partial charge in [0.1, 0.15) is 5.84 Å². The summed E-state index contributed by atoms with van der Waals surface area (Å²) in [6.45, 7) is 9.67. The van der Waals surface area contributed by atoms with Crippen molar-refractivity contribution < 1.29 is 4.74 Å². The van der Waals surface area contributed by atoms with E-state index in [0.29, 0.717) is 6.04 Å². The maximum absolute atomic E-state index is 7.86. The van der Waals surface area contributed by atoms with Gasteiger partial charge in [-0.05, 0) is 33.3 Å². The Labute approximate surface area is 120 Å². The summed E-state index contributed by atoms with van der Waals surface area (Å²) in [5.41, 5.74) is 9.33. The minimum absolute atomic E-state index is 0.0824. The second-order valence-corrected chi connectivity index (χ2v) is 5.52. The number of nitrogen functional groups attached to an aromatic ring is 1. The molecule has 1 aliphatic rings. The summed E-state index contributed by atoms with van der Waals surface area (Å²) in [6.07, 6.45) is 1.19. The Balaban J connectivity index is 2.51. The molecule has 0 aliphatic carbocycles. The van der Waals surface area contributed by atoms with Crippen molar-refractivity contribution >= 4 is 11.5 Å². The number of anilines is 1. The molecule has 0 bridgehead atoms. The number of amidine groups is 1. The fourth-order valence-electron chi connectivity index (χ4n) is 2.84. The van der Waals surface area contributed by atoms with Crippen LogP contribution in [0.4, 0.5) is 5.69 Å². The highest BCUT2D eigenvalue weighted by Crippen LogP contribution is 2.29. The molecule has 1 aromatic heterocycles. The monoisotopic (exact) mass is 276 g/mol. The van der Waals surface area contributed by atoms with Crippen LogP contribution in [0, 0.1) is 19.3 Å². The summed E-state index contributed by atoms with van der Waals surface area (Å²) >= 11 is 0. The second-order valence-electron chi connectivity index (χ2n) is 5.52. The minimum atomic E-state index is 0.0824. The van der Waals surface area contributed by atoms with E-state index in [-0.39, 0.29) is 11.9 Å². The van der Waals surface area contributed by atoms with E-state index in [9.17, 15) is 0 Å². The number of hydrogen-bond donors (Lipinski definition) is 2. The lowest BCUT2D eigenvalue weighted by atomic mass is 10.0. The van der Waals surface area contributed by atoms with Crippen LogP contribution in [-0.2, 0) is 4.74 Å². The van der Waals surface area contributed by atoms with Gasteiger partial charge in [-0.15, -0.1) is 0 Å². The summed E-state index contributed by atoms with van der Waals surface area (Å²) in [7, 11) is 0. The van der Waals surface area contributed by atoms with E-state index in [1.807, 2.05) is 19.9 Å². The number of ether oxygens (including phenoxy) is 1. The van der Waals surface area contributed by atoms with E-state index in [0.717, 1.165) is 42.2 Å². The zero-order valence-corrected chi connectivity index (χ0v) is 12.7. The van der Waals surface area contributed by atoms with E-state index in [4.69, 9.17) is 15.9 Å². The average Bonchev–Trinajstić information content (AvgIpc) is 2.37. The standard InChI is InChI=1S/C15H24N4O/c1-5-12-8-20-10(3)7-19(12)13-6-9(2)18-11(4)14(13)15(16)17/h6,10,12H,5,7-8H2,1-4H3,(H3,16,17). The van der Waals surface area contributed by atoms with E-state index >= 15 is 0 Å². The zero-order valence-electron chi connectivity index (χ0n) is 12.7. The molecule has 1 aliphatic heterocycles. The van der Waals surface area contributed by atoms with Gasteiger partial charge in [0.05, 0.1) is 35.7 Å². The number of pyridine rings is 1. The molecule has 1 aromatic rings.